The highest BCUT2D eigenvalue weighted by molar-refractivity contribution is 9.11. The first-order valence-electron chi connectivity index (χ1n) is 6.70. The van der Waals surface area contributed by atoms with Gasteiger partial charge in [-0.3, -0.25) is 4.98 Å². The third-order valence-electron chi connectivity index (χ3n) is 3.54. The van der Waals surface area contributed by atoms with Gasteiger partial charge in [-0.1, -0.05) is 6.07 Å². The molecule has 0 fully saturated rings. The lowest BCUT2D eigenvalue weighted by molar-refractivity contribution is 0.469. The highest BCUT2D eigenvalue weighted by Gasteiger charge is 2.21. The summed E-state index contributed by atoms with van der Waals surface area (Å²) in [4.78, 5) is 5.15. The van der Waals surface area contributed by atoms with Crippen molar-refractivity contribution in [2.24, 2.45) is 0 Å². The van der Waals surface area contributed by atoms with Crippen molar-refractivity contribution in [3.63, 3.8) is 0 Å². The van der Waals surface area contributed by atoms with Crippen molar-refractivity contribution in [3.8, 4) is 28.1 Å². The van der Waals surface area contributed by atoms with Crippen LogP contribution in [0.2, 0.25) is 0 Å². The number of aromatic nitrogens is 3. The molecular formula is C16H9Br2N3OS. The third-order valence-corrected chi connectivity index (χ3v) is 5.85. The number of fused-ring (bicyclic) bond motifs is 1. The largest absolute Gasteiger partial charge is 0.506 e. The first kappa shape index (κ1) is 14.9. The molecule has 0 saturated carbocycles. The molecule has 0 saturated heterocycles. The van der Waals surface area contributed by atoms with E-state index in [2.05, 4.69) is 36.8 Å². The van der Waals surface area contributed by atoms with Crippen LogP contribution in [0.15, 0.2) is 57.2 Å². The van der Waals surface area contributed by atoms with Crippen LogP contribution in [-0.2, 0) is 0 Å². The fraction of sp³-hybridized carbons (Fsp3) is 0. The smallest absolute Gasteiger partial charge is 0.144 e. The minimum atomic E-state index is 0.166. The van der Waals surface area contributed by atoms with Gasteiger partial charge in [-0.05, 0) is 55.6 Å². The van der Waals surface area contributed by atoms with Crippen molar-refractivity contribution in [1.82, 2.24) is 14.6 Å². The van der Waals surface area contributed by atoms with Crippen LogP contribution in [0.5, 0.6) is 5.75 Å². The zero-order valence-corrected chi connectivity index (χ0v) is 15.6. The van der Waals surface area contributed by atoms with Gasteiger partial charge in [0.2, 0.25) is 0 Å². The SMILES string of the molecule is Oc1c(Br)ccc(-c2nn3ccsc3c2-c2ccncc2)c1Br. The summed E-state index contributed by atoms with van der Waals surface area (Å²) in [6, 6.07) is 7.68. The van der Waals surface area contributed by atoms with E-state index in [0.717, 1.165) is 27.2 Å². The van der Waals surface area contributed by atoms with Gasteiger partial charge in [0.25, 0.3) is 0 Å². The number of aromatic hydroxyl groups is 1. The molecule has 7 heteroatoms. The first-order chi connectivity index (χ1) is 11.2. The van der Waals surface area contributed by atoms with Crippen molar-refractivity contribution in [2.45, 2.75) is 0 Å². The van der Waals surface area contributed by atoms with Crippen LogP contribution >= 0.6 is 43.2 Å². The molecule has 0 spiro atoms. The molecule has 4 nitrogen and oxygen atoms in total. The second kappa shape index (κ2) is 5.74. The number of benzene rings is 1. The summed E-state index contributed by atoms with van der Waals surface area (Å²) in [7, 11) is 0. The molecular weight excluding hydrogens is 442 g/mol. The van der Waals surface area contributed by atoms with Crippen LogP contribution in [0.1, 0.15) is 0 Å². The van der Waals surface area contributed by atoms with Crippen molar-refractivity contribution in [1.29, 1.82) is 0 Å². The molecule has 4 rings (SSSR count). The molecule has 3 heterocycles. The van der Waals surface area contributed by atoms with Crippen LogP contribution in [0, 0.1) is 0 Å². The lowest BCUT2D eigenvalue weighted by Crippen LogP contribution is -1.87. The number of thiazole rings is 1. The van der Waals surface area contributed by atoms with Gasteiger partial charge in [0, 0.05) is 35.1 Å². The molecule has 0 amide bonds. The Balaban J connectivity index is 2.05. The van der Waals surface area contributed by atoms with E-state index in [1.54, 1.807) is 23.7 Å². The topological polar surface area (TPSA) is 50.4 Å². The normalized spacial score (nSPS) is 11.2. The third kappa shape index (κ3) is 2.39. The van der Waals surface area contributed by atoms with Gasteiger partial charge in [-0.25, -0.2) is 4.52 Å². The summed E-state index contributed by atoms with van der Waals surface area (Å²) in [5, 5.41) is 16.9. The quantitative estimate of drug-likeness (QED) is 0.447. The summed E-state index contributed by atoms with van der Waals surface area (Å²) in [6.45, 7) is 0. The molecule has 1 aromatic carbocycles. The Labute approximate surface area is 152 Å². The van der Waals surface area contributed by atoms with E-state index < -0.39 is 0 Å². The van der Waals surface area contributed by atoms with Crippen molar-refractivity contribution in [3.05, 3.63) is 57.2 Å². The number of phenolic OH excluding ortho intramolecular Hbond substituents is 1. The predicted molar refractivity (Wildman–Crippen MR) is 98.8 cm³/mol. The maximum atomic E-state index is 10.2. The van der Waals surface area contributed by atoms with E-state index >= 15 is 0 Å². The van der Waals surface area contributed by atoms with E-state index in [4.69, 9.17) is 5.10 Å². The molecule has 1 N–H and O–H groups in total. The van der Waals surface area contributed by atoms with Crippen molar-refractivity contribution >= 4 is 48.0 Å². The fourth-order valence-electron chi connectivity index (χ4n) is 2.48. The van der Waals surface area contributed by atoms with Crippen LogP contribution in [-0.4, -0.2) is 19.7 Å². The lowest BCUT2D eigenvalue weighted by atomic mass is 10.0. The molecule has 23 heavy (non-hydrogen) atoms. The average Bonchev–Trinajstić information content (AvgIpc) is 3.14. The van der Waals surface area contributed by atoms with Gasteiger partial charge in [0.1, 0.15) is 16.3 Å². The number of phenols is 1. The number of halogens is 2. The van der Waals surface area contributed by atoms with E-state index in [1.807, 2.05) is 40.4 Å². The molecule has 0 aliphatic rings. The van der Waals surface area contributed by atoms with Gasteiger partial charge in [0.05, 0.1) is 8.95 Å². The maximum Gasteiger partial charge on any atom is 0.144 e. The summed E-state index contributed by atoms with van der Waals surface area (Å²) in [5.74, 6) is 0.166. The summed E-state index contributed by atoms with van der Waals surface area (Å²) in [5.41, 5.74) is 3.73. The van der Waals surface area contributed by atoms with Crippen LogP contribution < -0.4 is 0 Å². The van der Waals surface area contributed by atoms with Crippen molar-refractivity contribution in [2.75, 3.05) is 0 Å². The van der Waals surface area contributed by atoms with Crippen LogP contribution in [0.3, 0.4) is 0 Å². The molecule has 0 atom stereocenters. The van der Waals surface area contributed by atoms with Crippen molar-refractivity contribution < 1.29 is 5.11 Å². The Hall–Kier alpha value is -1.70. The average molecular weight is 451 g/mol. The number of hydrogen-bond acceptors (Lipinski definition) is 4. The second-order valence-electron chi connectivity index (χ2n) is 4.87. The Bertz CT molecular complexity index is 1010. The van der Waals surface area contributed by atoms with E-state index in [-0.39, 0.29) is 5.75 Å². The first-order valence-corrected chi connectivity index (χ1v) is 9.17. The van der Waals surface area contributed by atoms with Gasteiger partial charge >= 0.3 is 0 Å². The Morgan fingerprint density at radius 2 is 1.87 bits per heavy atom. The second-order valence-corrected chi connectivity index (χ2v) is 7.41. The lowest BCUT2D eigenvalue weighted by Gasteiger charge is -2.08. The highest BCUT2D eigenvalue weighted by Crippen LogP contribution is 2.44. The molecule has 114 valence electrons. The van der Waals surface area contributed by atoms with E-state index in [9.17, 15) is 5.11 Å². The molecule has 0 unspecified atom stereocenters. The van der Waals surface area contributed by atoms with Crippen LogP contribution in [0.4, 0.5) is 0 Å². The molecule has 0 bridgehead atoms. The standard InChI is InChI=1S/C16H9Br2N3OS/c17-11-2-1-10(13(18)15(11)22)14-12(9-3-5-19-6-4-9)16-21(20-14)7-8-23-16/h1-8,22H. The molecule has 3 aromatic heterocycles. The summed E-state index contributed by atoms with van der Waals surface area (Å²) in [6.07, 6.45) is 5.47. The molecule has 0 aliphatic carbocycles. The van der Waals surface area contributed by atoms with Gasteiger partial charge < -0.3 is 5.11 Å². The zero-order chi connectivity index (χ0) is 16.0. The van der Waals surface area contributed by atoms with Gasteiger partial charge in [0.15, 0.2) is 0 Å². The number of pyridine rings is 1. The summed E-state index contributed by atoms with van der Waals surface area (Å²) >= 11 is 8.44. The predicted octanol–water partition coefficient (Wildman–Crippen LogP) is 5.36. The van der Waals surface area contributed by atoms with Gasteiger partial charge in [-0.15, -0.1) is 11.3 Å². The minimum Gasteiger partial charge on any atom is -0.506 e. The highest BCUT2D eigenvalue weighted by atomic mass is 79.9. The zero-order valence-electron chi connectivity index (χ0n) is 11.6. The Morgan fingerprint density at radius 1 is 1.09 bits per heavy atom. The summed E-state index contributed by atoms with van der Waals surface area (Å²) < 4.78 is 3.12. The van der Waals surface area contributed by atoms with Crippen LogP contribution in [0.25, 0.3) is 27.2 Å². The van der Waals surface area contributed by atoms with Gasteiger partial charge in [-0.2, -0.15) is 5.10 Å². The molecule has 0 radical (unpaired) electrons. The fourth-order valence-corrected chi connectivity index (χ4v) is 4.45. The Morgan fingerprint density at radius 3 is 2.65 bits per heavy atom. The van der Waals surface area contributed by atoms with E-state index in [1.165, 1.54) is 0 Å². The minimum absolute atomic E-state index is 0.166. The molecule has 0 aliphatic heterocycles. The maximum absolute atomic E-state index is 10.2. The number of nitrogens with zero attached hydrogens (tertiary/aromatic N) is 3. The number of hydrogen-bond donors (Lipinski definition) is 1. The monoisotopic (exact) mass is 449 g/mol. The Kier molecular flexibility index (Phi) is 3.71. The molecule has 4 aromatic rings. The van der Waals surface area contributed by atoms with E-state index in [0.29, 0.717) is 8.95 Å². The number of rotatable bonds is 2.